The van der Waals surface area contributed by atoms with Gasteiger partial charge >= 0.3 is 5.97 Å². The molecule has 0 aromatic heterocycles. The van der Waals surface area contributed by atoms with E-state index in [1.807, 2.05) is 0 Å². The van der Waals surface area contributed by atoms with Gasteiger partial charge in [0.2, 0.25) is 11.8 Å². The van der Waals surface area contributed by atoms with Crippen LogP contribution in [-0.2, 0) is 14.3 Å². The molecule has 2 amide bonds. The third kappa shape index (κ3) is 2.74. The highest BCUT2D eigenvalue weighted by Crippen LogP contribution is 2.56. The van der Waals surface area contributed by atoms with Crippen LogP contribution in [0.3, 0.4) is 0 Å². The Morgan fingerprint density at radius 3 is 2.23 bits per heavy atom. The molecule has 4 atom stereocenters. The first kappa shape index (κ1) is 17.3. The normalized spacial score (nSPS) is 29.3. The summed E-state index contributed by atoms with van der Waals surface area (Å²) >= 11 is 0. The molecule has 26 heavy (non-hydrogen) atoms. The van der Waals surface area contributed by atoms with Gasteiger partial charge in [-0.15, -0.1) is 0 Å². The number of hydrogen-bond acceptors (Lipinski definition) is 4. The average Bonchev–Trinajstić information content (AvgIpc) is 3.33. The maximum atomic E-state index is 12.8. The van der Waals surface area contributed by atoms with Crippen molar-refractivity contribution >= 4 is 23.5 Å². The number of carbonyl (C=O) groups is 3. The summed E-state index contributed by atoms with van der Waals surface area (Å²) in [5, 5.41) is 0. The van der Waals surface area contributed by atoms with Gasteiger partial charge in [-0.3, -0.25) is 14.5 Å². The van der Waals surface area contributed by atoms with E-state index in [4.69, 9.17) is 4.74 Å². The molecule has 1 saturated heterocycles. The van der Waals surface area contributed by atoms with E-state index in [0.717, 1.165) is 38.5 Å². The van der Waals surface area contributed by atoms with Crippen LogP contribution in [0.5, 0.6) is 0 Å². The fraction of sp³-hybridized carbons (Fsp3) is 0.571. The molecule has 3 fully saturated rings. The number of carbonyl (C=O) groups excluding carboxylic acids is 3. The molecule has 3 aliphatic rings. The number of imide groups is 1. The molecule has 0 unspecified atom stereocenters. The number of amides is 2. The SMILES string of the molecule is CCCCCOC(=O)c1ccc(N2C(=O)[C@H]3[C@H]4CC[C@@H](C4)[C@@H]3C2=O)cc1. The Morgan fingerprint density at radius 1 is 1.04 bits per heavy atom. The lowest BCUT2D eigenvalue weighted by Crippen LogP contribution is -2.32. The van der Waals surface area contributed by atoms with Gasteiger partial charge < -0.3 is 4.74 Å². The predicted octanol–water partition coefficient (Wildman–Crippen LogP) is 3.57. The summed E-state index contributed by atoms with van der Waals surface area (Å²) in [6, 6.07) is 6.64. The van der Waals surface area contributed by atoms with Crippen molar-refractivity contribution in [3.8, 4) is 0 Å². The molecular weight excluding hydrogens is 330 g/mol. The average molecular weight is 355 g/mol. The van der Waals surface area contributed by atoms with Crippen LogP contribution < -0.4 is 4.90 Å². The van der Waals surface area contributed by atoms with Gasteiger partial charge in [0.25, 0.3) is 0 Å². The number of hydrogen-bond donors (Lipinski definition) is 0. The predicted molar refractivity (Wildman–Crippen MR) is 96.6 cm³/mol. The maximum absolute atomic E-state index is 12.8. The van der Waals surface area contributed by atoms with E-state index in [2.05, 4.69) is 6.92 Å². The Bertz CT molecular complexity index is 698. The molecule has 0 N–H and O–H groups in total. The van der Waals surface area contributed by atoms with Crippen molar-refractivity contribution in [2.24, 2.45) is 23.7 Å². The fourth-order valence-electron chi connectivity index (χ4n) is 5.01. The van der Waals surface area contributed by atoms with E-state index in [1.165, 1.54) is 4.90 Å². The summed E-state index contributed by atoms with van der Waals surface area (Å²) in [5.74, 6) is 0.0485. The van der Waals surface area contributed by atoms with Crippen LogP contribution in [0, 0.1) is 23.7 Å². The molecule has 2 saturated carbocycles. The minimum absolute atomic E-state index is 0.0536. The summed E-state index contributed by atoms with van der Waals surface area (Å²) in [6.07, 6.45) is 6.15. The quantitative estimate of drug-likeness (QED) is 0.445. The van der Waals surface area contributed by atoms with E-state index in [9.17, 15) is 14.4 Å². The van der Waals surface area contributed by atoms with Crippen LogP contribution in [-0.4, -0.2) is 24.4 Å². The molecular formula is C21H25NO4. The van der Waals surface area contributed by atoms with E-state index >= 15 is 0 Å². The summed E-state index contributed by atoms with van der Waals surface area (Å²) in [5.41, 5.74) is 1.01. The van der Waals surface area contributed by atoms with Gasteiger partial charge in [0.15, 0.2) is 0 Å². The van der Waals surface area contributed by atoms with Crippen LogP contribution in [0.15, 0.2) is 24.3 Å². The van der Waals surface area contributed by atoms with Gasteiger partial charge in [-0.25, -0.2) is 4.79 Å². The standard InChI is InChI=1S/C21H25NO4/c1-2-3-4-11-26-21(25)13-7-9-16(10-8-13)22-19(23)17-14-5-6-15(12-14)18(17)20(22)24/h7-10,14-15,17-18H,2-6,11-12H2,1H3/t14-,15-,17-,18-/m0/s1. The Hall–Kier alpha value is -2.17. The number of fused-ring (bicyclic) bond motifs is 5. The van der Waals surface area contributed by atoms with Crippen molar-refractivity contribution in [1.82, 2.24) is 0 Å². The molecule has 1 heterocycles. The molecule has 0 radical (unpaired) electrons. The second-order valence-electron chi connectivity index (χ2n) is 7.79. The van der Waals surface area contributed by atoms with Crippen LogP contribution in [0.4, 0.5) is 5.69 Å². The third-order valence-corrected chi connectivity index (χ3v) is 6.27. The molecule has 1 aliphatic heterocycles. The lowest BCUT2D eigenvalue weighted by molar-refractivity contribution is -0.123. The minimum Gasteiger partial charge on any atom is -0.462 e. The molecule has 1 aromatic carbocycles. The van der Waals surface area contributed by atoms with Gasteiger partial charge in [0.05, 0.1) is 29.7 Å². The molecule has 4 rings (SSSR count). The minimum atomic E-state index is -0.360. The number of ether oxygens (including phenoxy) is 1. The maximum Gasteiger partial charge on any atom is 0.338 e. The number of rotatable bonds is 6. The van der Waals surface area contributed by atoms with Gasteiger partial charge in [0.1, 0.15) is 0 Å². The number of nitrogens with zero attached hydrogens (tertiary/aromatic N) is 1. The van der Waals surface area contributed by atoms with Crippen molar-refractivity contribution < 1.29 is 19.1 Å². The lowest BCUT2D eigenvalue weighted by Gasteiger charge is -2.19. The van der Waals surface area contributed by atoms with Crippen molar-refractivity contribution in [3.05, 3.63) is 29.8 Å². The third-order valence-electron chi connectivity index (χ3n) is 6.27. The zero-order valence-electron chi connectivity index (χ0n) is 15.1. The van der Waals surface area contributed by atoms with Gasteiger partial charge in [-0.05, 0) is 61.8 Å². The Morgan fingerprint density at radius 2 is 1.65 bits per heavy atom. The second kappa shape index (κ2) is 6.86. The molecule has 0 spiro atoms. The van der Waals surface area contributed by atoms with Crippen molar-refractivity contribution in [1.29, 1.82) is 0 Å². The fourth-order valence-corrected chi connectivity index (χ4v) is 5.01. The lowest BCUT2D eigenvalue weighted by atomic mass is 9.81. The van der Waals surface area contributed by atoms with Crippen LogP contribution in [0.2, 0.25) is 0 Å². The Balaban J connectivity index is 1.45. The summed E-state index contributed by atoms with van der Waals surface area (Å²) < 4.78 is 5.25. The summed E-state index contributed by atoms with van der Waals surface area (Å²) in [7, 11) is 0. The smallest absolute Gasteiger partial charge is 0.338 e. The Kier molecular flexibility index (Phi) is 4.55. The van der Waals surface area contributed by atoms with Gasteiger partial charge in [0, 0.05) is 0 Å². The van der Waals surface area contributed by atoms with Gasteiger partial charge in [-0.2, -0.15) is 0 Å². The molecule has 138 valence electrons. The summed E-state index contributed by atoms with van der Waals surface area (Å²) in [4.78, 5) is 39.0. The largest absolute Gasteiger partial charge is 0.462 e. The highest BCUT2D eigenvalue weighted by molar-refractivity contribution is 6.22. The Labute approximate surface area is 153 Å². The number of esters is 1. The van der Waals surface area contributed by atoms with E-state index in [-0.39, 0.29) is 29.6 Å². The topological polar surface area (TPSA) is 63.7 Å². The van der Waals surface area contributed by atoms with Gasteiger partial charge in [-0.1, -0.05) is 19.8 Å². The van der Waals surface area contributed by atoms with Crippen molar-refractivity contribution in [2.45, 2.75) is 45.4 Å². The number of unbranched alkanes of at least 4 members (excludes halogenated alkanes) is 2. The molecule has 2 bridgehead atoms. The zero-order chi connectivity index (χ0) is 18.3. The molecule has 5 nitrogen and oxygen atoms in total. The first-order chi connectivity index (χ1) is 12.6. The van der Waals surface area contributed by atoms with Crippen molar-refractivity contribution in [3.63, 3.8) is 0 Å². The first-order valence-corrected chi connectivity index (χ1v) is 9.76. The van der Waals surface area contributed by atoms with E-state index < -0.39 is 0 Å². The molecule has 2 aliphatic carbocycles. The number of anilines is 1. The second-order valence-corrected chi connectivity index (χ2v) is 7.79. The van der Waals surface area contributed by atoms with Crippen LogP contribution in [0.25, 0.3) is 0 Å². The highest BCUT2D eigenvalue weighted by Gasteiger charge is 2.61. The highest BCUT2D eigenvalue weighted by atomic mass is 16.5. The first-order valence-electron chi connectivity index (χ1n) is 9.76. The van der Waals surface area contributed by atoms with E-state index in [1.54, 1.807) is 24.3 Å². The molecule has 1 aromatic rings. The zero-order valence-corrected chi connectivity index (χ0v) is 15.1. The monoisotopic (exact) mass is 355 g/mol. The van der Waals surface area contributed by atoms with Crippen LogP contribution in [0.1, 0.15) is 55.8 Å². The summed E-state index contributed by atoms with van der Waals surface area (Å²) in [6.45, 7) is 2.52. The van der Waals surface area contributed by atoms with E-state index in [0.29, 0.717) is 29.7 Å². The molecule has 5 heteroatoms. The van der Waals surface area contributed by atoms with Crippen molar-refractivity contribution in [2.75, 3.05) is 11.5 Å². The van der Waals surface area contributed by atoms with Crippen LogP contribution >= 0.6 is 0 Å². The number of benzene rings is 1.